The van der Waals surface area contributed by atoms with Crippen LogP contribution in [0.2, 0.25) is 0 Å². The van der Waals surface area contributed by atoms with Gasteiger partial charge in [-0.25, -0.2) is 13.6 Å². The fourth-order valence-electron chi connectivity index (χ4n) is 1.33. The number of carbonyl (C=O) groups excluding carboxylic acids is 1. The van der Waals surface area contributed by atoms with E-state index in [1.165, 1.54) is 37.4 Å². The zero-order valence-corrected chi connectivity index (χ0v) is 10.2. The van der Waals surface area contributed by atoms with E-state index in [-0.39, 0.29) is 5.56 Å². The number of rotatable bonds is 5. The molecule has 0 saturated carbocycles. The summed E-state index contributed by atoms with van der Waals surface area (Å²) in [6, 6.07) is 5.85. The molecule has 4 nitrogen and oxygen atoms in total. The van der Waals surface area contributed by atoms with Crippen LogP contribution in [0.25, 0.3) is 6.08 Å². The van der Waals surface area contributed by atoms with Gasteiger partial charge in [0.25, 0.3) is 6.43 Å². The number of benzene rings is 1. The highest BCUT2D eigenvalue weighted by molar-refractivity contribution is 5.92. The highest BCUT2D eigenvalue weighted by Crippen LogP contribution is 2.07. The number of nitrogens with zero attached hydrogens (tertiary/aromatic N) is 1. The summed E-state index contributed by atoms with van der Waals surface area (Å²) >= 11 is 0. The number of amides is 1. The zero-order chi connectivity index (χ0) is 14.4. The molecule has 6 heteroatoms. The Morgan fingerprint density at radius 3 is 2.37 bits per heavy atom. The van der Waals surface area contributed by atoms with Crippen molar-refractivity contribution in [3.05, 3.63) is 41.5 Å². The number of alkyl halides is 2. The average Bonchev–Trinajstić information content (AvgIpc) is 2.35. The van der Waals surface area contributed by atoms with Gasteiger partial charge < -0.3 is 10.0 Å². The maximum atomic E-state index is 12.1. The largest absolute Gasteiger partial charge is 0.478 e. The van der Waals surface area contributed by atoms with E-state index in [2.05, 4.69) is 0 Å². The summed E-state index contributed by atoms with van der Waals surface area (Å²) in [5.74, 6) is -1.58. The summed E-state index contributed by atoms with van der Waals surface area (Å²) in [5, 5.41) is 8.70. The fraction of sp³-hybridized carbons (Fsp3) is 0.231. The van der Waals surface area contributed by atoms with Crippen molar-refractivity contribution in [3.63, 3.8) is 0 Å². The second-order valence-corrected chi connectivity index (χ2v) is 3.87. The lowest BCUT2D eigenvalue weighted by molar-refractivity contribution is -0.126. The van der Waals surface area contributed by atoms with E-state index in [1.54, 1.807) is 0 Å². The molecule has 0 heterocycles. The molecular formula is C13H13F2NO3. The fourth-order valence-corrected chi connectivity index (χ4v) is 1.33. The van der Waals surface area contributed by atoms with Gasteiger partial charge in [-0.15, -0.1) is 0 Å². The van der Waals surface area contributed by atoms with Crippen LogP contribution >= 0.6 is 0 Å². The Hall–Kier alpha value is -2.24. The van der Waals surface area contributed by atoms with E-state index < -0.39 is 24.8 Å². The standard InChI is InChI=1S/C13H13F2NO3/c1-16(8-11(14)15)12(17)7-4-9-2-5-10(6-3-9)13(18)19/h2-7,11H,8H2,1H3,(H,18,19). The number of halogens is 2. The molecule has 0 aliphatic carbocycles. The smallest absolute Gasteiger partial charge is 0.335 e. The number of carboxylic acids is 1. The number of likely N-dealkylation sites (N-methyl/N-ethyl adjacent to an activating group) is 1. The minimum atomic E-state index is -2.57. The first-order valence-corrected chi connectivity index (χ1v) is 5.45. The minimum Gasteiger partial charge on any atom is -0.478 e. The lowest BCUT2D eigenvalue weighted by atomic mass is 10.1. The van der Waals surface area contributed by atoms with E-state index in [1.807, 2.05) is 0 Å². The van der Waals surface area contributed by atoms with Gasteiger partial charge in [0.2, 0.25) is 5.91 Å². The van der Waals surface area contributed by atoms with E-state index in [9.17, 15) is 18.4 Å². The van der Waals surface area contributed by atoms with Crippen molar-refractivity contribution in [1.29, 1.82) is 0 Å². The van der Waals surface area contributed by atoms with Gasteiger partial charge in [0, 0.05) is 13.1 Å². The Bertz CT molecular complexity index is 483. The molecule has 1 N–H and O–H groups in total. The van der Waals surface area contributed by atoms with Crippen LogP contribution in [-0.2, 0) is 4.79 Å². The number of hydrogen-bond acceptors (Lipinski definition) is 2. The monoisotopic (exact) mass is 269 g/mol. The first kappa shape index (κ1) is 14.8. The minimum absolute atomic E-state index is 0.137. The van der Waals surface area contributed by atoms with Crippen LogP contribution in [0.1, 0.15) is 15.9 Å². The molecule has 0 bridgehead atoms. The number of carboxylic acid groups (broad SMARTS) is 1. The normalized spacial score (nSPS) is 10.9. The molecule has 102 valence electrons. The van der Waals surface area contributed by atoms with Crippen molar-refractivity contribution in [2.24, 2.45) is 0 Å². The molecule has 0 aliphatic rings. The van der Waals surface area contributed by atoms with Gasteiger partial charge in [-0.1, -0.05) is 12.1 Å². The highest BCUT2D eigenvalue weighted by atomic mass is 19.3. The van der Waals surface area contributed by atoms with Gasteiger partial charge in [-0.3, -0.25) is 4.79 Å². The Morgan fingerprint density at radius 2 is 1.89 bits per heavy atom. The van der Waals surface area contributed by atoms with Crippen LogP contribution < -0.4 is 0 Å². The SMILES string of the molecule is CN(CC(F)F)C(=O)C=Cc1ccc(C(=O)O)cc1. The van der Waals surface area contributed by atoms with Gasteiger partial charge in [0.1, 0.15) is 0 Å². The third-order valence-corrected chi connectivity index (χ3v) is 2.36. The Kier molecular flexibility index (Phi) is 5.17. The molecule has 0 aliphatic heterocycles. The van der Waals surface area contributed by atoms with Gasteiger partial charge >= 0.3 is 5.97 Å². The molecule has 0 atom stereocenters. The van der Waals surface area contributed by atoms with E-state index in [0.29, 0.717) is 5.56 Å². The topological polar surface area (TPSA) is 57.6 Å². The molecule has 0 aromatic heterocycles. The Balaban J connectivity index is 2.65. The first-order chi connectivity index (χ1) is 8.90. The molecule has 0 saturated heterocycles. The van der Waals surface area contributed by atoms with Crippen LogP contribution in [-0.4, -0.2) is 41.9 Å². The second-order valence-electron chi connectivity index (χ2n) is 3.87. The maximum absolute atomic E-state index is 12.1. The number of aromatic carboxylic acids is 1. The van der Waals surface area contributed by atoms with Gasteiger partial charge in [-0.2, -0.15) is 0 Å². The summed E-state index contributed by atoms with van der Waals surface area (Å²) < 4.78 is 24.1. The van der Waals surface area contributed by atoms with Gasteiger partial charge in [-0.05, 0) is 23.8 Å². The number of carbonyl (C=O) groups is 2. The summed E-state index contributed by atoms with van der Waals surface area (Å²) in [6.07, 6.45) is 0.0332. The van der Waals surface area contributed by atoms with Crippen LogP contribution in [0.15, 0.2) is 30.3 Å². The molecule has 1 aromatic rings. The molecular weight excluding hydrogens is 256 g/mol. The number of hydrogen-bond donors (Lipinski definition) is 1. The van der Waals surface area contributed by atoms with Crippen LogP contribution in [0.4, 0.5) is 8.78 Å². The molecule has 0 fully saturated rings. The van der Waals surface area contributed by atoms with Crippen LogP contribution in [0.5, 0.6) is 0 Å². The van der Waals surface area contributed by atoms with Gasteiger partial charge in [0.15, 0.2) is 0 Å². The van der Waals surface area contributed by atoms with E-state index >= 15 is 0 Å². The third-order valence-electron chi connectivity index (χ3n) is 2.36. The van der Waals surface area contributed by atoms with Crippen molar-refractivity contribution < 1.29 is 23.5 Å². The average molecular weight is 269 g/mol. The van der Waals surface area contributed by atoms with Crippen molar-refractivity contribution in [1.82, 2.24) is 4.90 Å². The Labute approximate surface area is 109 Å². The quantitative estimate of drug-likeness (QED) is 0.833. The summed E-state index contributed by atoms with van der Waals surface area (Å²) in [6.45, 7) is -0.624. The second kappa shape index (κ2) is 6.63. The molecule has 0 unspecified atom stereocenters. The Morgan fingerprint density at radius 1 is 1.32 bits per heavy atom. The first-order valence-electron chi connectivity index (χ1n) is 5.45. The van der Waals surface area contributed by atoms with Crippen molar-refractivity contribution in [3.8, 4) is 0 Å². The third kappa shape index (κ3) is 4.87. The van der Waals surface area contributed by atoms with Crippen molar-refractivity contribution in [2.45, 2.75) is 6.43 Å². The molecule has 1 amide bonds. The van der Waals surface area contributed by atoms with E-state index in [4.69, 9.17) is 5.11 Å². The lowest BCUT2D eigenvalue weighted by Gasteiger charge is -2.13. The van der Waals surface area contributed by atoms with Crippen molar-refractivity contribution >= 4 is 18.0 Å². The van der Waals surface area contributed by atoms with Crippen molar-refractivity contribution in [2.75, 3.05) is 13.6 Å². The summed E-state index contributed by atoms with van der Waals surface area (Å²) in [4.78, 5) is 23.0. The predicted molar refractivity (Wildman–Crippen MR) is 66.1 cm³/mol. The summed E-state index contributed by atoms with van der Waals surface area (Å²) in [7, 11) is 1.28. The highest BCUT2D eigenvalue weighted by Gasteiger charge is 2.11. The van der Waals surface area contributed by atoms with Crippen LogP contribution in [0.3, 0.4) is 0 Å². The maximum Gasteiger partial charge on any atom is 0.335 e. The molecule has 0 radical (unpaired) electrons. The molecule has 1 aromatic carbocycles. The zero-order valence-electron chi connectivity index (χ0n) is 10.2. The van der Waals surface area contributed by atoms with E-state index in [0.717, 1.165) is 11.0 Å². The van der Waals surface area contributed by atoms with Crippen LogP contribution in [0, 0.1) is 0 Å². The van der Waals surface area contributed by atoms with Gasteiger partial charge in [0.05, 0.1) is 12.1 Å². The summed E-state index contributed by atoms with van der Waals surface area (Å²) in [5.41, 5.74) is 0.752. The molecule has 0 spiro atoms. The lowest BCUT2D eigenvalue weighted by Crippen LogP contribution is -2.29. The molecule has 1 rings (SSSR count). The molecule has 19 heavy (non-hydrogen) atoms. The predicted octanol–water partition coefficient (Wildman–Crippen LogP) is 2.12.